The average molecular weight is 234 g/mol. The van der Waals surface area contributed by atoms with Crippen LogP contribution in [0.15, 0.2) is 34.9 Å². The normalized spacial score (nSPS) is 12.5. The molecule has 0 spiro atoms. The first-order chi connectivity index (χ1) is 8.06. The van der Waals surface area contributed by atoms with Gasteiger partial charge in [0.15, 0.2) is 0 Å². The first-order valence-corrected chi connectivity index (χ1v) is 6.44. The van der Waals surface area contributed by atoms with Crippen LogP contribution in [-0.2, 0) is 4.79 Å². The van der Waals surface area contributed by atoms with E-state index >= 15 is 0 Å². The maximum absolute atomic E-state index is 10.2. The molecule has 96 valence electrons. The fourth-order valence-electron chi connectivity index (χ4n) is 1.59. The zero-order valence-electron chi connectivity index (χ0n) is 11.8. The predicted molar refractivity (Wildman–Crippen MR) is 76.1 cm³/mol. The molecular formula is C16H26O. The molecule has 0 atom stereocenters. The van der Waals surface area contributed by atoms with Crippen molar-refractivity contribution in [2.75, 3.05) is 0 Å². The first-order valence-electron chi connectivity index (χ1n) is 6.44. The smallest absolute Gasteiger partial charge is 0.123 e. The Balaban J connectivity index is 3.83. The van der Waals surface area contributed by atoms with Gasteiger partial charge in [0.2, 0.25) is 0 Å². The lowest BCUT2D eigenvalue weighted by Gasteiger charge is -2.00. The minimum absolute atomic E-state index is 0.551. The highest BCUT2D eigenvalue weighted by atomic mass is 16.1. The molecule has 1 nitrogen and oxygen atoms in total. The van der Waals surface area contributed by atoms with Gasteiger partial charge in [-0.1, -0.05) is 34.9 Å². The Kier molecular flexibility index (Phi) is 9.41. The summed E-state index contributed by atoms with van der Waals surface area (Å²) in [4.78, 5) is 10.2. The van der Waals surface area contributed by atoms with Crippen molar-refractivity contribution >= 4 is 6.29 Å². The van der Waals surface area contributed by atoms with Crippen LogP contribution in [0.5, 0.6) is 0 Å². The first kappa shape index (κ1) is 15.9. The molecule has 0 unspecified atom stereocenters. The topological polar surface area (TPSA) is 17.1 Å². The number of aldehydes is 1. The van der Waals surface area contributed by atoms with Crippen molar-refractivity contribution in [1.82, 2.24) is 0 Å². The van der Waals surface area contributed by atoms with Gasteiger partial charge in [-0.05, 0) is 53.4 Å². The van der Waals surface area contributed by atoms with Crippen molar-refractivity contribution in [3.05, 3.63) is 34.9 Å². The summed E-state index contributed by atoms with van der Waals surface area (Å²) in [7, 11) is 0. The highest BCUT2D eigenvalue weighted by Gasteiger charge is 1.91. The molecule has 0 saturated heterocycles. The van der Waals surface area contributed by atoms with Gasteiger partial charge in [0.1, 0.15) is 6.29 Å². The van der Waals surface area contributed by atoms with E-state index in [1.54, 1.807) is 0 Å². The number of allylic oxidation sites excluding steroid dienone is 6. The predicted octanol–water partition coefficient (Wildman–Crippen LogP) is 4.99. The third-order valence-corrected chi connectivity index (χ3v) is 2.69. The fraction of sp³-hybridized carbons (Fsp3) is 0.562. The minimum atomic E-state index is 0.551. The van der Waals surface area contributed by atoms with Gasteiger partial charge in [0.25, 0.3) is 0 Å². The Labute approximate surface area is 106 Å². The SMILES string of the molecule is CC(C)=CCC/C(C)=C/CC/C(C)=C/CC=O. The molecular weight excluding hydrogens is 208 g/mol. The highest BCUT2D eigenvalue weighted by molar-refractivity contribution is 5.52. The summed E-state index contributed by atoms with van der Waals surface area (Å²) in [5.74, 6) is 0. The third kappa shape index (κ3) is 11.2. The van der Waals surface area contributed by atoms with E-state index in [9.17, 15) is 4.79 Å². The fourth-order valence-corrected chi connectivity index (χ4v) is 1.59. The van der Waals surface area contributed by atoms with Gasteiger partial charge in [-0.25, -0.2) is 0 Å². The number of carbonyl (C=O) groups is 1. The molecule has 1 heteroatoms. The molecule has 0 N–H and O–H groups in total. The van der Waals surface area contributed by atoms with E-state index in [2.05, 4.69) is 39.8 Å². The summed E-state index contributed by atoms with van der Waals surface area (Å²) in [5.41, 5.74) is 4.17. The minimum Gasteiger partial charge on any atom is -0.303 e. The van der Waals surface area contributed by atoms with Crippen molar-refractivity contribution in [2.45, 2.75) is 59.8 Å². The lowest BCUT2D eigenvalue weighted by molar-refractivity contribution is -0.107. The second-order valence-electron chi connectivity index (χ2n) is 4.86. The summed E-state index contributed by atoms with van der Waals surface area (Å²) in [6.45, 7) is 8.57. The number of rotatable bonds is 8. The summed E-state index contributed by atoms with van der Waals surface area (Å²) in [6.07, 6.45) is 12.6. The van der Waals surface area contributed by atoms with Crippen LogP contribution >= 0.6 is 0 Å². The number of hydrogen-bond donors (Lipinski definition) is 0. The van der Waals surface area contributed by atoms with E-state index in [0.29, 0.717) is 6.42 Å². The molecule has 0 aliphatic carbocycles. The molecule has 0 saturated carbocycles. The van der Waals surface area contributed by atoms with Crippen LogP contribution in [-0.4, -0.2) is 6.29 Å². The third-order valence-electron chi connectivity index (χ3n) is 2.69. The molecule has 0 bridgehead atoms. The van der Waals surface area contributed by atoms with E-state index in [1.807, 2.05) is 6.08 Å². The maximum atomic E-state index is 10.2. The second-order valence-corrected chi connectivity index (χ2v) is 4.86. The number of hydrogen-bond acceptors (Lipinski definition) is 1. The zero-order chi connectivity index (χ0) is 13.1. The second kappa shape index (κ2) is 10.1. The van der Waals surface area contributed by atoms with Gasteiger partial charge >= 0.3 is 0 Å². The van der Waals surface area contributed by atoms with Crippen LogP contribution in [0.2, 0.25) is 0 Å². The molecule has 0 aliphatic heterocycles. The summed E-state index contributed by atoms with van der Waals surface area (Å²) < 4.78 is 0. The van der Waals surface area contributed by atoms with Crippen LogP contribution in [0.1, 0.15) is 59.8 Å². The maximum Gasteiger partial charge on any atom is 0.123 e. The van der Waals surface area contributed by atoms with Crippen LogP contribution in [0.3, 0.4) is 0 Å². The molecule has 0 rings (SSSR count). The molecule has 17 heavy (non-hydrogen) atoms. The quantitative estimate of drug-likeness (QED) is 0.427. The van der Waals surface area contributed by atoms with Crippen molar-refractivity contribution < 1.29 is 4.79 Å². The van der Waals surface area contributed by atoms with E-state index < -0.39 is 0 Å². The summed E-state index contributed by atoms with van der Waals surface area (Å²) in [5, 5.41) is 0. The van der Waals surface area contributed by atoms with Gasteiger partial charge in [-0.3, -0.25) is 0 Å². The van der Waals surface area contributed by atoms with E-state index in [1.165, 1.54) is 16.7 Å². The van der Waals surface area contributed by atoms with Gasteiger partial charge in [0.05, 0.1) is 0 Å². The molecule has 0 heterocycles. The van der Waals surface area contributed by atoms with E-state index in [-0.39, 0.29) is 0 Å². The Hall–Kier alpha value is -1.11. The van der Waals surface area contributed by atoms with Crippen molar-refractivity contribution in [3.63, 3.8) is 0 Å². The largest absolute Gasteiger partial charge is 0.303 e. The number of carbonyl (C=O) groups excluding carboxylic acids is 1. The Morgan fingerprint density at radius 1 is 0.824 bits per heavy atom. The Bertz CT molecular complexity index is 301. The molecule has 0 amide bonds. The van der Waals surface area contributed by atoms with Crippen LogP contribution in [0, 0.1) is 0 Å². The van der Waals surface area contributed by atoms with Gasteiger partial charge in [-0.15, -0.1) is 0 Å². The van der Waals surface area contributed by atoms with E-state index in [0.717, 1.165) is 32.0 Å². The van der Waals surface area contributed by atoms with Crippen molar-refractivity contribution in [3.8, 4) is 0 Å². The lowest BCUT2D eigenvalue weighted by atomic mass is 10.1. The molecule has 0 aromatic carbocycles. The molecule has 0 aliphatic rings. The Morgan fingerprint density at radius 2 is 1.35 bits per heavy atom. The van der Waals surface area contributed by atoms with Crippen molar-refractivity contribution in [1.29, 1.82) is 0 Å². The monoisotopic (exact) mass is 234 g/mol. The molecule has 0 radical (unpaired) electrons. The molecule has 0 fully saturated rings. The lowest BCUT2D eigenvalue weighted by Crippen LogP contribution is -1.81. The molecule has 0 aromatic rings. The van der Waals surface area contributed by atoms with Gasteiger partial charge < -0.3 is 4.79 Å². The highest BCUT2D eigenvalue weighted by Crippen LogP contribution is 2.11. The van der Waals surface area contributed by atoms with Gasteiger partial charge in [0, 0.05) is 6.42 Å². The summed E-state index contributed by atoms with van der Waals surface area (Å²) >= 11 is 0. The van der Waals surface area contributed by atoms with Gasteiger partial charge in [-0.2, -0.15) is 0 Å². The summed E-state index contributed by atoms with van der Waals surface area (Å²) in [6, 6.07) is 0. The standard InChI is InChI=1S/C16H26O/c1-14(2)8-5-9-15(3)10-6-11-16(4)12-7-13-17/h8,10,12-13H,5-7,9,11H2,1-4H3/b15-10+,16-12+. The zero-order valence-corrected chi connectivity index (χ0v) is 11.8. The Morgan fingerprint density at radius 3 is 1.88 bits per heavy atom. The molecule has 0 aromatic heterocycles. The van der Waals surface area contributed by atoms with Crippen LogP contribution in [0.25, 0.3) is 0 Å². The van der Waals surface area contributed by atoms with E-state index in [4.69, 9.17) is 0 Å². The van der Waals surface area contributed by atoms with Crippen LogP contribution < -0.4 is 0 Å². The average Bonchev–Trinajstić information content (AvgIpc) is 2.25. The van der Waals surface area contributed by atoms with Crippen molar-refractivity contribution in [2.24, 2.45) is 0 Å². The van der Waals surface area contributed by atoms with Crippen LogP contribution in [0.4, 0.5) is 0 Å².